The van der Waals surface area contributed by atoms with Gasteiger partial charge in [0.2, 0.25) is 5.91 Å². The van der Waals surface area contributed by atoms with E-state index in [0.717, 1.165) is 16.9 Å². The number of benzene rings is 2. The molecule has 0 spiro atoms. The molecule has 1 aromatic heterocycles. The summed E-state index contributed by atoms with van der Waals surface area (Å²) in [6.07, 6.45) is 0.435. The van der Waals surface area contributed by atoms with Crippen molar-refractivity contribution in [2.75, 3.05) is 13.7 Å². The van der Waals surface area contributed by atoms with Crippen LogP contribution in [0, 0.1) is 0 Å². The average molecular weight is 423 g/mol. The van der Waals surface area contributed by atoms with Crippen LogP contribution in [0.5, 0.6) is 5.75 Å². The van der Waals surface area contributed by atoms with Crippen LogP contribution in [0.3, 0.4) is 0 Å². The molecule has 0 bridgehead atoms. The molecule has 0 saturated carbocycles. The number of carbonyl (C=O) groups is 2. The van der Waals surface area contributed by atoms with Gasteiger partial charge in [0.25, 0.3) is 5.91 Å². The zero-order chi connectivity index (χ0) is 21.3. The maximum absolute atomic E-state index is 13.2. The van der Waals surface area contributed by atoms with Gasteiger partial charge in [-0.05, 0) is 41.6 Å². The molecule has 5 nitrogen and oxygen atoms in total. The minimum Gasteiger partial charge on any atom is -0.494 e. The number of thiophene rings is 1. The first-order valence-corrected chi connectivity index (χ1v) is 10.8. The van der Waals surface area contributed by atoms with Crippen LogP contribution in [0.4, 0.5) is 0 Å². The molecule has 156 valence electrons. The van der Waals surface area contributed by atoms with Gasteiger partial charge in [-0.1, -0.05) is 48.5 Å². The highest BCUT2D eigenvalue weighted by Gasteiger charge is 2.25. The van der Waals surface area contributed by atoms with E-state index < -0.39 is 6.04 Å². The van der Waals surface area contributed by atoms with Gasteiger partial charge >= 0.3 is 0 Å². The lowest BCUT2D eigenvalue weighted by molar-refractivity contribution is -0.132. The fourth-order valence-corrected chi connectivity index (χ4v) is 3.79. The summed E-state index contributed by atoms with van der Waals surface area (Å²) in [5, 5.41) is 4.77. The predicted molar refractivity (Wildman–Crippen MR) is 120 cm³/mol. The Morgan fingerprint density at radius 1 is 1.00 bits per heavy atom. The van der Waals surface area contributed by atoms with Crippen molar-refractivity contribution in [3.8, 4) is 5.75 Å². The molecule has 0 aliphatic heterocycles. The predicted octanol–water partition coefficient (Wildman–Crippen LogP) is 4.15. The van der Waals surface area contributed by atoms with E-state index in [0.29, 0.717) is 24.4 Å². The minimum atomic E-state index is -0.644. The van der Waals surface area contributed by atoms with E-state index in [2.05, 4.69) is 5.32 Å². The summed E-state index contributed by atoms with van der Waals surface area (Å²) >= 11 is 1.36. The molecule has 0 fully saturated rings. The fourth-order valence-electron chi connectivity index (χ4n) is 3.16. The summed E-state index contributed by atoms with van der Waals surface area (Å²) < 4.78 is 5.47. The second-order valence-electron chi connectivity index (χ2n) is 6.96. The van der Waals surface area contributed by atoms with Crippen LogP contribution in [-0.2, 0) is 17.8 Å². The van der Waals surface area contributed by atoms with E-state index in [1.54, 1.807) is 18.0 Å². The molecule has 3 aromatic rings. The summed E-state index contributed by atoms with van der Waals surface area (Å²) in [7, 11) is 1.76. The van der Waals surface area contributed by atoms with Crippen LogP contribution in [0.15, 0.2) is 72.1 Å². The molecule has 1 N–H and O–H groups in total. The van der Waals surface area contributed by atoms with Crippen LogP contribution in [-0.4, -0.2) is 36.4 Å². The van der Waals surface area contributed by atoms with Crippen molar-refractivity contribution in [3.05, 3.63) is 88.1 Å². The Bertz CT molecular complexity index is 940. The van der Waals surface area contributed by atoms with Crippen molar-refractivity contribution >= 4 is 23.2 Å². The van der Waals surface area contributed by atoms with Crippen molar-refractivity contribution in [1.82, 2.24) is 10.2 Å². The molecule has 0 radical (unpaired) electrons. The molecule has 6 heteroatoms. The molecule has 2 aromatic carbocycles. The zero-order valence-electron chi connectivity index (χ0n) is 17.2. The normalized spacial score (nSPS) is 11.5. The molecule has 2 amide bonds. The number of hydrogen-bond donors (Lipinski definition) is 1. The summed E-state index contributed by atoms with van der Waals surface area (Å²) in [5.74, 6) is 0.451. The molecular formula is C24H26N2O3S. The molecule has 3 rings (SSSR count). The third-order valence-electron chi connectivity index (χ3n) is 4.66. The number of hydrogen-bond acceptors (Lipinski definition) is 4. The monoisotopic (exact) mass is 422 g/mol. The number of ether oxygens (including phenoxy) is 1. The Labute approximate surface area is 181 Å². The zero-order valence-corrected chi connectivity index (χ0v) is 18.0. The van der Waals surface area contributed by atoms with Gasteiger partial charge in [0, 0.05) is 20.0 Å². The molecule has 0 aliphatic carbocycles. The van der Waals surface area contributed by atoms with Crippen molar-refractivity contribution in [2.45, 2.75) is 25.9 Å². The summed E-state index contributed by atoms with van der Waals surface area (Å²) in [6, 6.07) is 20.4. The summed E-state index contributed by atoms with van der Waals surface area (Å²) in [5.41, 5.74) is 1.99. The lowest BCUT2D eigenvalue weighted by Crippen LogP contribution is -2.48. The van der Waals surface area contributed by atoms with Gasteiger partial charge in [-0.2, -0.15) is 0 Å². The third-order valence-corrected chi connectivity index (χ3v) is 5.53. The number of amides is 2. The van der Waals surface area contributed by atoms with Gasteiger partial charge < -0.3 is 15.0 Å². The molecule has 30 heavy (non-hydrogen) atoms. The first kappa shape index (κ1) is 21.6. The van der Waals surface area contributed by atoms with E-state index in [4.69, 9.17) is 4.74 Å². The number of nitrogens with zero attached hydrogens (tertiary/aromatic N) is 1. The molecule has 0 saturated heterocycles. The van der Waals surface area contributed by atoms with Crippen LogP contribution >= 0.6 is 11.3 Å². The van der Waals surface area contributed by atoms with E-state index in [1.807, 2.05) is 73.0 Å². The molecule has 0 aliphatic rings. The maximum atomic E-state index is 13.2. The second-order valence-corrected chi connectivity index (χ2v) is 7.91. The van der Waals surface area contributed by atoms with Crippen molar-refractivity contribution in [3.63, 3.8) is 0 Å². The Morgan fingerprint density at radius 2 is 1.73 bits per heavy atom. The van der Waals surface area contributed by atoms with Crippen molar-refractivity contribution < 1.29 is 14.3 Å². The van der Waals surface area contributed by atoms with Gasteiger partial charge in [-0.25, -0.2) is 0 Å². The topological polar surface area (TPSA) is 58.6 Å². The van der Waals surface area contributed by atoms with E-state index in [1.165, 1.54) is 11.3 Å². The molecular weight excluding hydrogens is 396 g/mol. The van der Waals surface area contributed by atoms with E-state index >= 15 is 0 Å². The van der Waals surface area contributed by atoms with Crippen molar-refractivity contribution in [1.29, 1.82) is 0 Å². The first-order chi connectivity index (χ1) is 14.6. The summed E-state index contributed by atoms with van der Waals surface area (Å²) in [4.78, 5) is 28.1. The first-order valence-electron chi connectivity index (χ1n) is 9.92. The third kappa shape index (κ3) is 5.94. The SMILES string of the molecule is CCOc1ccc(CN(C)C(=O)C(Cc2ccccc2)NC(=O)c2cccs2)cc1. The molecule has 1 heterocycles. The lowest BCUT2D eigenvalue weighted by atomic mass is 10.0. The van der Waals surface area contributed by atoms with Crippen LogP contribution in [0.1, 0.15) is 27.7 Å². The standard InChI is InChI=1S/C24H26N2O3S/c1-3-29-20-13-11-19(12-14-20)17-26(2)24(28)21(16-18-8-5-4-6-9-18)25-23(27)22-10-7-15-30-22/h4-15,21H,3,16-17H2,1-2H3,(H,25,27). The quantitative estimate of drug-likeness (QED) is 0.564. The number of likely N-dealkylation sites (N-methyl/N-ethyl adjacent to an activating group) is 1. The van der Waals surface area contributed by atoms with Gasteiger partial charge in [-0.3, -0.25) is 9.59 Å². The molecule has 1 atom stereocenters. The van der Waals surface area contributed by atoms with Gasteiger partial charge in [0.05, 0.1) is 11.5 Å². The van der Waals surface area contributed by atoms with E-state index in [-0.39, 0.29) is 11.8 Å². The maximum Gasteiger partial charge on any atom is 0.262 e. The van der Waals surface area contributed by atoms with Gasteiger partial charge in [0.1, 0.15) is 11.8 Å². The summed E-state index contributed by atoms with van der Waals surface area (Å²) in [6.45, 7) is 3.01. The minimum absolute atomic E-state index is 0.127. The number of nitrogens with one attached hydrogen (secondary N) is 1. The lowest BCUT2D eigenvalue weighted by Gasteiger charge is -2.25. The second kappa shape index (κ2) is 10.6. The Kier molecular flexibility index (Phi) is 7.63. The average Bonchev–Trinajstić information content (AvgIpc) is 3.30. The highest BCUT2D eigenvalue weighted by molar-refractivity contribution is 7.12. The Morgan fingerprint density at radius 3 is 2.37 bits per heavy atom. The largest absolute Gasteiger partial charge is 0.494 e. The molecule has 1 unspecified atom stereocenters. The van der Waals surface area contributed by atoms with Crippen LogP contribution in [0.25, 0.3) is 0 Å². The van der Waals surface area contributed by atoms with Crippen LogP contribution < -0.4 is 10.1 Å². The Hall–Kier alpha value is -3.12. The fraction of sp³-hybridized carbons (Fsp3) is 0.250. The smallest absolute Gasteiger partial charge is 0.262 e. The Balaban J connectivity index is 1.71. The van der Waals surface area contributed by atoms with E-state index in [9.17, 15) is 9.59 Å². The van der Waals surface area contributed by atoms with Gasteiger partial charge in [-0.15, -0.1) is 11.3 Å². The number of rotatable bonds is 9. The van der Waals surface area contributed by atoms with Gasteiger partial charge in [0.15, 0.2) is 0 Å². The van der Waals surface area contributed by atoms with Crippen LogP contribution in [0.2, 0.25) is 0 Å². The highest BCUT2D eigenvalue weighted by atomic mass is 32.1. The van der Waals surface area contributed by atoms with Crippen molar-refractivity contribution in [2.24, 2.45) is 0 Å². The highest BCUT2D eigenvalue weighted by Crippen LogP contribution is 2.15. The number of carbonyl (C=O) groups excluding carboxylic acids is 2.